The number of carbonyl (C=O) groups is 1. The van der Waals surface area contributed by atoms with Gasteiger partial charge in [-0.05, 0) is 36.2 Å². The predicted molar refractivity (Wildman–Crippen MR) is 74.4 cm³/mol. The van der Waals surface area contributed by atoms with Crippen LogP contribution >= 0.6 is 12.4 Å². The molecule has 4 heteroatoms. The monoisotopic (exact) mass is 280 g/mol. The van der Waals surface area contributed by atoms with Crippen LogP contribution in [-0.2, 0) is 6.42 Å². The van der Waals surface area contributed by atoms with Gasteiger partial charge in [-0.1, -0.05) is 24.3 Å². The second kappa shape index (κ2) is 6.90. The number of aromatic hydroxyl groups is 1. The van der Waals surface area contributed by atoms with E-state index in [1.54, 1.807) is 30.3 Å². The molecule has 2 aromatic rings. The Labute approximate surface area is 117 Å². The van der Waals surface area contributed by atoms with Gasteiger partial charge in [0.05, 0.1) is 5.56 Å². The fourth-order valence-electron chi connectivity index (χ4n) is 1.75. The molecular formula is C15H14ClFO2. The quantitative estimate of drug-likeness (QED) is 0.866. The molecule has 19 heavy (non-hydrogen) atoms. The van der Waals surface area contributed by atoms with Crippen LogP contribution in [-0.4, -0.2) is 10.9 Å². The molecule has 0 aliphatic carbocycles. The molecule has 0 fully saturated rings. The lowest BCUT2D eigenvalue weighted by Gasteiger charge is -2.03. The van der Waals surface area contributed by atoms with Crippen molar-refractivity contribution in [3.63, 3.8) is 0 Å². The number of phenolic OH excluding ortho intramolecular Hbond substituents is 1. The van der Waals surface area contributed by atoms with Crippen LogP contribution in [0.3, 0.4) is 0 Å². The van der Waals surface area contributed by atoms with Crippen LogP contribution in [0, 0.1) is 5.82 Å². The second-order valence-corrected chi connectivity index (χ2v) is 4.07. The van der Waals surface area contributed by atoms with Gasteiger partial charge in [-0.2, -0.15) is 0 Å². The van der Waals surface area contributed by atoms with Crippen molar-refractivity contribution in [3.05, 3.63) is 65.5 Å². The molecule has 0 saturated heterocycles. The molecule has 2 rings (SSSR count). The molecule has 0 spiro atoms. The van der Waals surface area contributed by atoms with Gasteiger partial charge >= 0.3 is 0 Å². The van der Waals surface area contributed by atoms with Crippen molar-refractivity contribution in [2.45, 2.75) is 12.8 Å². The van der Waals surface area contributed by atoms with E-state index in [9.17, 15) is 14.3 Å². The molecule has 2 aromatic carbocycles. The summed E-state index contributed by atoms with van der Waals surface area (Å²) < 4.78 is 12.7. The predicted octanol–water partition coefficient (Wildman–Crippen LogP) is 3.77. The Balaban J connectivity index is 0.00000180. The number of phenols is 1. The normalized spacial score (nSPS) is 9.74. The van der Waals surface area contributed by atoms with Gasteiger partial charge in [-0.25, -0.2) is 4.39 Å². The zero-order valence-corrected chi connectivity index (χ0v) is 11.0. The summed E-state index contributed by atoms with van der Waals surface area (Å²) in [5.74, 6) is -0.398. The Morgan fingerprint density at radius 1 is 1.05 bits per heavy atom. The highest BCUT2D eigenvalue weighted by molar-refractivity contribution is 5.98. The molecule has 0 aliphatic rings. The molecule has 1 N–H and O–H groups in total. The topological polar surface area (TPSA) is 37.3 Å². The van der Waals surface area contributed by atoms with Crippen LogP contribution in [0.5, 0.6) is 5.75 Å². The number of Topliss-reactive ketones (excluding diaryl/α,β-unsaturated/α-hetero) is 1. The van der Waals surface area contributed by atoms with Gasteiger partial charge in [-0.15, -0.1) is 12.4 Å². The van der Waals surface area contributed by atoms with Gasteiger partial charge < -0.3 is 5.11 Å². The summed E-state index contributed by atoms with van der Waals surface area (Å²) in [4.78, 5) is 11.9. The summed E-state index contributed by atoms with van der Waals surface area (Å²) in [6.45, 7) is 0. The van der Waals surface area contributed by atoms with E-state index in [1.165, 1.54) is 18.2 Å². The number of carbonyl (C=O) groups excluding carboxylic acids is 1. The Bertz CT molecular complexity index is 552. The molecular weight excluding hydrogens is 267 g/mol. The molecule has 0 amide bonds. The smallest absolute Gasteiger partial charge is 0.166 e. The van der Waals surface area contributed by atoms with Gasteiger partial charge in [0.2, 0.25) is 0 Å². The number of hydrogen-bond acceptors (Lipinski definition) is 2. The average Bonchev–Trinajstić information content (AvgIpc) is 2.38. The van der Waals surface area contributed by atoms with E-state index >= 15 is 0 Å². The Hall–Kier alpha value is -1.87. The molecule has 2 nitrogen and oxygen atoms in total. The highest BCUT2D eigenvalue weighted by Gasteiger charge is 2.10. The van der Waals surface area contributed by atoms with Crippen LogP contribution < -0.4 is 0 Å². The summed E-state index contributed by atoms with van der Waals surface area (Å²) in [5, 5.41) is 9.54. The molecule has 0 unspecified atom stereocenters. The maximum absolute atomic E-state index is 12.7. The highest BCUT2D eigenvalue weighted by Crippen LogP contribution is 2.18. The van der Waals surface area contributed by atoms with E-state index in [1.807, 2.05) is 0 Å². The zero-order chi connectivity index (χ0) is 13.0. The third kappa shape index (κ3) is 4.07. The van der Waals surface area contributed by atoms with Crippen LogP contribution in [0.15, 0.2) is 48.5 Å². The van der Waals surface area contributed by atoms with E-state index in [2.05, 4.69) is 0 Å². The lowest BCUT2D eigenvalue weighted by atomic mass is 10.0. The number of benzene rings is 2. The van der Waals surface area contributed by atoms with Crippen molar-refractivity contribution in [2.75, 3.05) is 0 Å². The molecule has 100 valence electrons. The fraction of sp³-hybridized carbons (Fsp3) is 0.133. The number of aryl methyl sites for hydroxylation is 1. The summed E-state index contributed by atoms with van der Waals surface area (Å²) in [6.07, 6.45) is 0.830. The average molecular weight is 281 g/mol. The summed E-state index contributed by atoms with van der Waals surface area (Å²) in [7, 11) is 0. The molecule has 0 aliphatic heterocycles. The number of ketones is 1. The lowest BCUT2D eigenvalue weighted by molar-refractivity contribution is 0.0980. The van der Waals surface area contributed by atoms with Crippen molar-refractivity contribution in [1.29, 1.82) is 0 Å². The first-order chi connectivity index (χ1) is 8.66. The summed E-state index contributed by atoms with van der Waals surface area (Å²) in [5.41, 5.74) is 1.24. The molecule has 0 bridgehead atoms. The standard InChI is InChI=1S/C15H13FO2.ClH/c16-12-8-5-11(6-9-12)7-10-15(18)13-3-1-2-4-14(13)17;/h1-6,8-9,17H,7,10H2;1H. The third-order valence-electron chi connectivity index (χ3n) is 2.76. The van der Waals surface area contributed by atoms with E-state index < -0.39 is 0 Å². The number of hydrogen-bond donors (Lipinski definition) is 1. The zero-order valence-electron chi connectivity index (χ0n) is 10.2. The Morgan fingerprint density at radius 2 is 1.68 bits per heavy atom. The molecule has 0 saturated carbocycles. The Morgan fingerprint density at radius 3 is 2.32 bits per heavy atom. The van der Waals surface area contributed by atoms with E-state index in [0.717, 1.165) is 5.56 Å². The minimum atomic E-state index is -0.286. The second-order valence-electron chi connectivity index (χ2n) is 4.07. The number of para-hydroxylation sites is 1. The first kappa shape index (κ1) is 15.2. The molecule has 0 aromatic heterocycles. The number of halogens is 2. The van der Waals surface area contributed by atoms with Gasteiger partial charge in [0.25, 0.3) is 0 Å². The lowest BCUT2D eigenvalue weighted by Crippen LogP contribution is -2.01. The minimum absolute atomic E-state index is 0. The maximum Gasteiger partial charge on any atom is 0.166 e. The molecule has 0 radical (unpaired) electrons. The fourth-order valence-corrected chi connectivity index (χ4v) is 1.75. The van der Waals surface area contributed by atoms with E-state index in [-0.39, 0.29) is 29.8 Å². The van der Waals surface area contributed by atoms with E-state index in [4.69, 9.17) is 0 Å². The first-order valence-corrected chi connectivity index (χ1v) is 5.72. The SMILES string of the molecule is Cl.O=C(CCc1ccc(F)cc1)c1ccccc1O. The van der Waals surface area contributed by atoms with Crippen molar-refractivity contribution in [2.24, 2.45) is 0 Å². The van der Waals surface area contributed by atoms with Crippen molar-refractivity contribution in [3.8, 4) is 5.75 Å². The van der Waals surface area contributed by atoms with Gasteiger partial charge in [0.1, 0.15) is 11.6 Å². The van der Waals surface area contributed by atoms with Crippen molar-refractivity contribution < 1.29 is 14.3 Å². The first-order valence-electron chi connectivity index (χ1n) is 5.72. The largest absolute Gasteiger partial charge is 0.507 e. The minimum Gasteiger partial charge on any atom is -0.507 e. The summed E-state index contributed by atoms with van der Waals surface area (Å²) >= 11 is 0. The van der Waals surface area contributed by atoms with Gasteiger partial charge in [0.15, 0.2) is 5.78 Å². The third-order valence-corrected chi connectivity index (χ3v) is 2.76. The van der Waals surface area contributed by atoms with Crippen LogP contribution in [0.2, 0.25) is 0 Å². The number of rotatable bonds is 4. The van der Waals surface area contributed by atoms with Crippen molar-refractivity contribution in [1.82, 2.24) is 0 Å². The molecule has 0 heterocycles. The van der Waals surface area contributed by atoms with Crippen molar-refractivity contribution >= 4 is 18.2 Å². The van der Waals surface area contributed by atoms with Gasteiger partial charge in [-0.3, -0.25) is 4.79 Å². The van der Waals surface area contributed by atoms with Crippen LogP contribution in [0.25, 0.3) is 0 Å². The van der Waals surface area contributed by atoms with Crippen LogP contribution in [0.1, 0.15) is 22.3 Å². The van der Waals surface area contributed by atoms with Crippen LogP contribution in [0.4, 0.5) is 4.39 Å². The highest BCUT2D eigenvalue weighted by atomic mass is 35.5. The van der Waals surface area contributed by atoms with E-state index in [0.29, 0.717) is 18.4 Å². The van der Waals surface area contributed by atoms with Gasteiger partial charge in [0, 0.05) is 6.42 Å². The Kier molecular flexibility index (Phi) is 5.52. The summed E-state index contributed by atoms with van der Waals surface area (Å²) in [6, 6.07) is 12.5. The molecule has 0 atom stereocenters. The maximum atomic E-state index is 12.7.